The molecule has 1 unspecified atom stereocenters. The number of carbonyl (C=O) groups excluding carboxylic acids is 2. The summed E-state index contributed by atoms with van der Waals surface area (Å²) in [5.74, 6) is 0.413. The minimum atomic E-state index is -0.440. The number of thioether (sulfide) groups is 1. The zero-order chi connectivity index (χ0) is 25.5. The third-order valence-corrected chi connectivity index (χ3v) is 7.05. The third-order valence-electron chi connectivity index (χ3n) is 5.79. The fraction of sp³-hybridized carbons (Fsp3) is 0.133. The lowest BCUT2D eigenvalue weighted by Crippen LogP contribution is -2.20. The smallest absolute Gasteiger partial charge is 0.255 e. The van der Waals surface area contributed by atoms with Gasteiger partial charge in [0, 0.05) is 21.8 Å². The van der Waals surface area contributed by atoms with Gasteiger partial charge in [-0.1, -0.05) is 48.5 Å². The molecule has 0 aliphatic carbocycles. The van der Waals surface area contributed by atoms with Crippen LogP contribution < -0.4 is 15.4 Å². The molecule has 4 aromatic carbocycles. The molecular formula is C30H28N2O3S. The molecule has 36 heavy (non-hydrogen) atoms. The molecule has 4 rings (SSSR count). The van der Waals surface area contributed by atoms with Crippen LogP contribution in [0, 0.1) is 13.8 Å². The molecular weight excluding hydrogens is 468 g/mol. The normalized spacial score (nSPS) is 11.4. The molecule has 4 aromatic rings. The van der Waals surface area contributed by atoms with E-state index in [-0.39, 0.29) is 11.8 Å². The number of aryl methyl sites for hydroxylation is 2. The van der Waals surface area contributed by atoms with Crippen molar-refractivity contribution in [2.75, 3.05) is 17.7 Å². The minimum Gasteiger partial charge on any atom is -0.497 e. The summed E-state index contributed by atoms with van der Waals surface area (Å²) < 4.78 is 5.14. The Morgan fingerprint density at radius 3 is 2.00 bits per heavy atom. The first kappa shape index (κ1) is 25.1. The van der Waals surface area contributed by atoms with Crippen molar-refractivity contribution in [3.63, 3.8) is 0 Å². The molecule has 182 valence electrons. The van der Waals surface area contributed by atoms with Crippen LogP contribution in [0.1, 0.15) is 32.3 Å². The fourth-order valence-corrected chi connectivity index (χ4v) is 4.82. The Hall–Kier alpha value is -4.03. The topological polar surface area (TPSA) is 67.4 Å². The summed E-state index contributed by atoms with van der Waals surface area (Å²) in [6.07, 6.45) is 0. The quantitative estimate of drug-likeness (QED) is 0.257. The van der Waals surface area contributed by atoms with Crippen molar-refractivity contribution in [2.24, 2.45) is 0 Å². The molecule has 0 heterocycles. The monoisotopic (exact) mass is 496 g/mol. The zero-order valence-corrected chi connectivity index (χ0v) is 21.3. The van der Waals surface area contributed by atoms with Gasteiger partial charge in [0.1, 0.15) is 11.0 Å². The van der Waals surface area contributed by atoms with Crippen LogP contribution in [0.5, 0.6) is 5.75 Å². The van der Waals surface area contributed by atoms with E-state index in [4.69, 9.17) is 4.74 Å². The van der Waals surface area contributed by atoms with Gasteiger partial charge in [0.05, 0.1) is 7.11 Å². The van der Waals surface area contributed by atoms with Gasteiger partial charge in [-0.05, 0) is 79.1 Å². The number of ether oxygens (including phenoxy) is 1. The Morgan fingerprint density at radius 1 is 0.750 bits per heavy atom. The largest absolute Gasteiger partial charge is 0.497 e. The summed E-state index contributed by atoms with van der Waals surface area (Å²) in [6.45, 7) is 3.98. The van der Waals surface area contributed by atoms with E-state index in [2.05, 4.69) is 10.6 Å². The summed E-state index contributed by atoms with van der Waals surface area (Å²) >= 11 is 1.47. The van der Waals surface area contributed by atoms with Gasteiger partial charge in [-0.2, -0.15) is 0 Å². The lowest BCUT2D eigenvalue weighted by atomic mass is 10.1. The van der Waals surface area contributed by atoms with Crippen molar-refractivity contribution < 1.29 is 14.3 Å². The Morgan fingerprint density at radius 2 is 1.39 bits per heavy atom. The van der Waals surface area contributed by atoms with E-state index < -0.39 is 5.25 Å². The van der Waals surface area contributed by atoms with Crippen LogP contribution in [-0.2, 0) is 4.79 Å². The molecule has 0 saturated carbocycles. The Kier molecular flexibility index (Phi) is 8.08. The highest BCUT2D eigenvalue weighted by molar-refractivity contribution is 8.00. The van der Waals surface area contributed by atoms with Crippen LogP contribution in [0.3, 0.4) is 0 Å². The number of rotatable bonds is 8. The van der Waals surface area contributed by atoms with Gasteiger partial charge in [0.15, 0.2) is 0 Å². The molecule has 0 aliphatic rings. The second kappa shape index (κ2) is 11.6. The maximum Gasteiger partial charge on any atom is 0.255 e. The van der Waals surface area contributed by atoms with Crippen molar-refractivity contribution in [3.8, 4) is 5.75 Å². The summed E-state index contributed by atoms with van der Waals surface area (Å²) in [6, 6.07) is 30.2. The first-order chi connectivity index (χ1) is 17.4. The molecule has 0 spiro atoms. The average molecular weight is 497 g/mol. The third kappa shape index (κ3) is 6.15. The van der Waals surface area contributed by atoms with Crippen LogP contribution in [0.15, 0.2) is 102 Å². The van der Waals surface area contributed by atoms with Gasteiger partial charge in [-0.15, -0.1) is 11.8 Å². The Balaban J connectivity index is 1.49. The van der Waals surface area contributed by atoms with Gasteiger partial charge in [-0.3, -0.25) is 9.59 Å². The van der Waals surface area contributed by atoms with E-state index in [1.807, 2.05) is 86.6 Å². The minimum absolute atomic E-state index is 0.0829. The van der Waals surface area contributed by atoms with Crippen LogP contribution >= 0.6 is 11.8 Å². The number of methoxy groups -OCH3 is 1. The Labute approximate surface area is 215 Å². The van der Waals surface area contributed by atoms with Crippen molar-refractivity contribution in [3.05, 3.63) is 119 Å². The lowest BCUT2D eigenvalue weighted by molar-refractivity contribution is -0.115. The molecule has 0 radical (unpaired) electrons. The van der Waals surface area contributed by atoms with Crippen molar-refractivity contribution in [2.45, 2.75) is 24.0 Å². The number of carbonyl (C=O) groups is 2. The fourth-order valence-electron chi connectivity index (χ4n) is 3.80. The molecule has 0 aliphatic heterocycles. The maximum atomic E-state index is 13.4. The number of hydrogen-bond donors (Lipinski definition) is 2. The number of hydrogen-bond acceptors (Lipinski definition) is 4. The van der Waals surface area contributed by atoms with Crippen LogP contribution in [0.25, 0.3) is 0 Å². The van der Waals surface area contributed by atoms with Crippen molar-refractivity contribution >= 4 is 35.0 Å². The number of nitrogens with one attached hydrogen (secondary N) is 2. The van der Waals surface area contributed by atoms with Gasteiger partial charge in [-0.25, -0.2) is 0 Å². The first-order valence-electron chi connectivity index (χ1n) is 11.6. The lowest BCUT2D eigenvalue weighted by Gasteiger charge is -2.19. The number of para-hydroxylation sites is 1. The van der Waals surface area contributed by atoms with E-state index in [1.54, 1.807) is 31.4 Å². The van der Waals surface area contributed by atoms with Gasteiger partial charge >= 0.3 is 0 Å². The molecule has 0 bridgehead atoms. The van der Waals surface area contributed by atoms with Gasteiger partial charge in [0.25, 0.3) is 5.91 Å². The van der Waals surface area contributed by atoms with Gasteiger partial charge < -0.3 is 15.4 Å². The second-order valence-electron chi connectivity index (χ2n) is 8.37. The molecule has 5 nitrogen and oxygen atoms in total. The summed E-state index contributed by atoms with van der Waals surface area (Å²) in [5.41, 5.74) is 5.04. The molecule has 0 aromatic heterocycles. The van der Waals surface area contributed by atoms with E-state index in [9.17, 15) is 9.59 Å². The molecule has 0 saturated heterocycles. The molecule has 6 heteroatoms. The highest BCUT2D eigenvalue weighted by Gasteiger charge is 2.23. The van der Waals surface area contributed by atoms with E-state index in [1.165, 1.54) is 11.8 Å². The molecule has 1 atom stereocenters. The average Bonchev–Trinajstić information content (AvgIpc) is 2.91. The summed E-state index contributed by atoms with van der Waals surface area (Å²) in [7, 11) is 1.59. The van der Waals surface area contributed by atoms with Crippen LogP contribution in [0.4, 0.5) is 11.4 Å². The van der Waals surface area contributed by atoms with Gasteiger partial charge in [0.2, 0.25) is 5.91 Å². The molecule has 0 fully saturated rings. The maximum absolute atomic E-state index is 13.4. The molecule has 2 N–H and O–H groups in total. The standard InChI is InChI=1S/C30H28N2O3S/c1-20-8-7-9-21(2)27(20)32-30(34)28(22-10-5-4-6-11-22)36-26-18-14-24(15-19-26)31-29(33)23-12-16-25(35-3)17-13-23/h4-19,28H,1-3H3,(H,31,33)(H,32,34). The number of benzene rings is 4. The summed E-state index contributed by atoms with van der Waals surface area (Å²) in [4.78, 5) is 26.9. The van der Waals surface area contributed by atoms with Crippen LogP contribution in [-0.4, -0.2) is 18.9 Å². The van der Waals surface area contributed by atoms with Crippen molar-refractivity contribution in [1.29, 1.82) is 0 Å². The predicted molar refractivity (Wildman–Crippen MR) is 147 cm³/mol. The van der Waals surface area contributed by atoms with Crippen LogP contribution in [0.2, 0.25) is 0 Å². The molecule has 2 amide bonds. The second-order valence-corrected chi connectivity index (χ2v) is 9.55. The van der Waals surface area contributed by atoms with E-state index in [0.717, 1.165) is 27.3 Å². The number of amides is 2. The number of anilines is 2. The highest BCUT2D eigenvalue weighted by Crippen LogP contribution is 2.37. The van der Waals surface area contributed by atoms with Crippen molar-refractivity contribution in [1.82, 2.24) is 0 Å². The van der Waals surface area contributed by atoms with E-state index >= 15 is 0 Å². The SMILES string of the molecule is COc1ccc(C(=O)Nc2ccc(SC(C(=O)Nc3c(C)cccc3C)c3ccccc3)cc2)cc1. The summed E-state index contributed by atoms with van der Waals surface area (Å²) in [5, 5.41) is 5.60. The Bertz CT molecular complexity index is 1320. The first-order valence-corrected chi connectivity index (χ1v) is 12.5. The van der Waals surface area contributed by atoms with E-state index in [0.29, 0.717) is 17.0 Å². The highest BCUT2D eigenvalue weighted by atomic mass is 32.2. The zero-order valence-electron chi connectivity index (χ0n) is 20.4. The predicted octanol–water partition coefficient (Wildman–Crippen LogP) is 7.04.